The highest BCUT2D eigenvalue weighted by Gasteiger charge is 2.54. The van der Waals surface area contributed by atoms with Crippen LogP contribution < -0.4 is 11.1 Å². The quantitative estimate of drug-likeness (QED) is 0.113. The Morgan fingerprint density at radius 1 is 1.29 bits per heavy atom. The molecule has 2 aliphatic rings. The number of carboxylic acid groups (broad SMARTS) is 2. The lowest BCUT2D eigenvalue weighted by molar-refractivity contribution is -0.383. The van der Waals surface area contributed by atoms with Crippen LogP contribution in [0.25, 0.3) is 11.0 Å². The number of nitro groups is 1. The maximum Gasteiger partial charge on any atom is 0.490 e. The van der Waals surface area contributed by atoms with Crippen LogP contribution in [0.4, 0.5) is 24.0 Å². The molecule has 238 valence electrons. The Hall–Kier alpha value is -4.97. The Morgan fingerprint density at radius 3 is 2.51 bits per heavy atom. The van der Waals surface area contributed by atoms with Gasteiger partial charge in [0.2, 0.25) is 5.52 Å². The van der Waals surface area contributed by atoms with Crippen LogP contribution in [0.1, 0.15) is 5.69 Å². The van der Waals surface area contributed by atoms with Crippen molar-refractivity contribution in [3.8, 4) is 0 Å². The first kappa shape index (κ1) is 32.9. The van der Waals surface area contributed by atoms with E-state index in [1.165, 1.54) is 24.6 Å². The molecule has 5 N–H and O–H groups in total. The molecule has 1 aromatic carbocycles. The number of aliphatic carboxylic acids is 2. The Kier molecular flexibility index (Phi) is 9.48. The van der Waals surface area contributed by atoms with E-state index in [1.54, 1.807) is 0 Å². The van der Waals surface area contributed by atoms with Gasteiger partial charge in [-0.05, 0) is 16.4 Å². The lowest BCUT2D eigenvalue weighted by atomic mass is 9.95. The zero-order chi connectivity index (χ0) is 33.2. The summed E-state index contributed by atoms with van der Waals surface area (Å²) in [6, 6.07) is 0.945. The van der Waals surface area contributed by atoms with Gasteiger partial charge < -0.3 is 26.1 Å². The van der Waals surface area contributed by atoms with Gasteiger partial charge in [0, 0.05) is 22.1 Å². The van der Waals surface area contributed by atoms with Crippen molar-refractivity contribution in [1.82, 2.24) is 25.5 Å². The lowest BCUT2D eigenvalue weighted by Crippen LogP contribution is -2.72. The standard InChI is InChI=1S/C19H14N8O8S3.C2HF3O2/c1-34-23-10(6-4-37-19(20)21-6)15(28)22-12-8-5-36-18(14(17(30)31)26(8)16(12)29)38-9-3-2-7(27(32)33)11-13(9)25-35-24-11;3-2(4,5)1(6)7/h2-4,8,12H,5H2,1H3,(H2,20,21)(H,22,28)(H,30,31);(H,6,7). The molecule has 2 aliphatic heterocycles. The molecule has 3 aromatic rings. The highest BCUT2D eigenvalue weighted by molar-refractivity contribution is 8.22. The Morgan fingerprint density at radius 2 is 1.96 bits per heavy atom. The minimum atomic E-state index is -5.08. The van der Waals surface area contributed by atoms with Crippen LogP contribution >= 0.6 is 34.9 Å². The molecule has 2 aromatic heterocycles. The summed E-state index contributed by atoms with van der Waals surface area (Å²) < 4.78 is 36.6. The number of β-lactam (4-membered cyclic amide) rings is 1. The molecule has 0 saturated carbocycles. The third kappa shape index (κ3) is 6.75. The van der Waals surface area contributed by atoms with E-state index in [1.807, 2.05) is 0 Å². The van der Waals surface area contributed by atoms with Crippen LogP contribution in [0.5, 0.6) is 0 Å². The van der Waals surface area contributed by atoms with E-state index >= 15 is 0 Å². The molecule has 2 unspecified atom stereocenters. The van der Waals surface area contributed by atoms with Gasteiger partial charge in [0.25, 0.3) is 11.8 Å². The first-order valence-corrected chi connectivity index (χ1v) is 14.3. The highest BCUT2D eigenvalue weighted by atomic mass is 32.2. The number of amides is 2. The number of rotatable bonds is 8. The second-order valence-corrected chi connectivity index (χ2v) is 11.6. The molecule has 45 heavy (non-hydrogen) atoms. The summed E-state index contributed by atoms with van der Waals surface area (Å²) in [5, 5.41) is 43.6. The number of hydrogen-bond acceptors (Lipinski definition) is 16. The molecule has 0 aliphatic carbocycles. The fourth-order valence-corrected chi connectivity index (χ4v) is 6.90. The maximum atomic E-state index is 13.0. The second kappa shape index (κ2) is 12.9. The number of oxime groups is 1. The average Bonchev–Trinajstić information content (AvgIpc) is 3.63. The second-order valence-electron chi connectivity index (χ2n) is 8.38. The van der Waals surface area contributed by atoms with Gasteiger partial charge in [-0.1, -0.05) is 16.9 Å². The molecule has 0 radical (unpaired) electrons. The number of carboxylic acids is 2. The van der Waals surface area contributed by atoms with E-state index in [2.05, 4.69) is 30.4 Å². The molecule has 4 heterocycles. The highest BCUT2D eigenvalue weighted by Crippen LogP contribution is 2.47. The maximum absolute atomic E-state index is 13.0. The molecule has 2 atom stereocenters. The van der Waals surface area contributed by atoms with Crippen molar-refractivity contribution >= 4 is 86.2 Å². The molecule has 2 amide bonds. The van der Waals surface area contributed by atoms with Gasteiger partial charge in [0.05, 0.1) is 15.2 Å². The smallest absolute Gasteiger partial charge is 0.477 e. The minimum absolute atomic E-state index is 0.0804. The number of carbonyl (C=O) groups is 4. The van der Waals surface area contributed by atoms with E-state index in [0.717, 1.165) is 39.8 Å². The summed E-state index contributed by atoms with van der Waals surface area (Å²) in [7, 11) is 1.24. The van der Waals surface area contributed by atoms with Gasteiger partial charge in [-0.3, -0.25) is 24.6 Å². The van der Waals surface area contributed by atoms with Crippen molar-refractivity contribution in [1.29, 1.82) is 0 Å². The number of thioether (sulfide) groups is 2. The molecule has 1 fully saturated rings. The molecule has 1 saturated heterocycles. The van der Waals surface area contributed by atoms with E-state index in [4.69, 9.17) is 20.5 Å². The van der Waals surface area contributed by atoms with Gasteiger partial charge in [0.15, 0.2) is 22.1 Å². The van der Waals surface area contributed by atoms with Crippen molar-refractivity contribution in [2.75, 3.05) is 18.6 Å². The van der Waals surface area contributed by atoms with Crippen LogP contribution in [0.3, 0.4) is 0 Å². The number of nitrogens with two attached hydrogens (primary N) is 1. The number of aromatic nitrogens is 3. The summed E-state index contributed by atoms with van der Waals surface area (Å²) in [4.78, 5) is 67.8. The molecule has 24 heteroatoms. The zero-order valence-corrected chi connectivity index (χ0v) is 24.3. The van der Waals surface area contributed by atoms with E-state index in [9.17, 15) is 42.8 Å². The van der Waals surface area contributed by atoms with Crippen LogP contribution in [-0.2, 0) is 24.0 Å². The first-order valence-electron chi connectivity index (χ1n) is 11.6. The molecule has 0 spiro atoms. The molecule has 18 nitrogen and oxygen atoms in total. The van der Waals surface area contributed by atoms with E-state index < -0.39 is 46.9 Å². The van der Waals surface area contributed by atoms with Crippen LogP contribution in [0.2, 0.25) is 0 Å². The van der Waals surface area contributed by atoms with Crippen molar-refractivity contribution < 1.29 is 57.0 Å². The molecular formula is C21H15F3N8O10S3. The van der Waals surface area contributed by atoms with Crippen molar-refractivity contribution in [3.63, 3.8) is 0 Å². The number of benzene rings is 1. The number of alkyl halides is 3. The summed E-state index contributed by atoms with van der Waals surface area (Å²) in [5.74, 6) is -5.24. The number of non-ortho nitro benzene ring substituents is 1. The van der Waals surface area contributed by atoms with E-state index in [0.29, 0.717) is 4.90 Å². The number of thiazole rings is 1. The average molecular weight is 693 g/mol. The number of halogens is 3. The van der Waals surface area contributed by atoms with Gasteiger partial charge in [-0.25, -0.2) is 19.2 Å². The number of carbonyl (C=O) groups excluding carboxylic acids is 2. The number of nitro benzene ring substituents is 1. The fourth-order valence-electron chi connectivity index (χ4n) is 3.81. The van der Waals surface area contributed by atoms with Crippen LogP contribution in [0.15, 0.2) is 42.1 Å². The zero-order valence-electron chi connectivity index (χ0n) is 21.9. The topological polar surface area (TPSA) is 267 Å². The van der Waals surface area contributed by atoms with Gasteiger partial charge in [-0.15, -0.1) is 23.1 Å². The summed E-state index contributed by atoms with van der Waals surface area (Å²) in [5.41, 5.74) is 4.99. The van der Waals surface area contributed by atoms with Crippen molar-refractivity contribution in [2.24, 2.45) is 5.16 Å². The number of nitrogens with one attached hydrogen (secondary N) is 1. The number of nitrogen functional groups attached to an aromatic ring is 1. The number of fused-ring (bicyclic) bond motifs is 2. The SMILES string of the molecule is CON=C(C(=O)NC1C(=O)N2C(C(=O)O)=C(Sc3ccc([N+](=O)[O-])c4nonc34)SCC12)c1csc(N)n1.O=C(O)C(F)(F)F. The molecular weight excluding hydrogens is 677 g/mol. The van der Waals surface area contributed by atoms with Crippen LogP contribution in [-0.4, -0.2) is 95.9 Å². The summed E-state index contributed by atoms with van der Waals surface area (Å²) >= 11 is 3.21. The largest absolute Gasteiger partial charge is 0.490 e. The van der Waals surface area contributed by atoms with Crippen LogP contribution in [0, 0.1) is 10.1 Å². The molecule has 5 rings (SSSR count). The predicted octanol–water partition coefficient (Wildman–Crippen LogP) is 1.64. The molecule has 0 bridgehead atoms. The monoisotopic (exact) mass is 692 g/mol. The number of anilines is 1. The van der Waals surface area contributed by atoms with Gasteiger partial charge >= 0.3 is 23.8 Å². The van der Waals surface area contributed by atoms with Gasteiger partial charge in [0.1, 0.15) is 18.8 Å². The summed E-state index contributed by atoms with van der Waals surface area (Å²) in [6.45, 7) is 0. The predicted molar refractivity (Wildman–Crippen MR) is 148 cm³/mol. The minimum Gasteiger partial charge on any atom is -0.477 e. The third-order valence-electron chi connectivity index (χ3n) is 5.69. The Balaban J connectivity index is 0.000000591. The lowest BCUT2D eigenvalue weighted by Gasteiger charge is -2.49. The van der Waals surface area contributed by atoms with Gasteiger partial charge in [-0.2, -0.15) is 13.2 Å². The fraction of sp³-hybridized carbons (Fsp3) is 0.238. The normalized spacial score (nSPS) is 18.0. The third-order valence-corrected chi connectivity index (χ3v) is 8.86. The van der Waals surface area contributed by atoms with Crippen molar-refractivity contribution in [3.05, 3.63) is 43.3 Å². The van der Waals surface area contributed by atoms with E-state index in [-0.39, 0.29) is 48.9 Å². The van der Waals surface area contributed by atoms with Crippen molar-refractivity contribution in [2.45, 2.75) is 23.2 Å². The number of hydrogen-bond donors (Lipinski definition) is 4. The number of nitrogens with zero attached hydrogens (tertiary/aromatic N) is 6. The Labute approximate surface area is 258 Å². The first-order chi connectivity index (χ1) is 21.1. The Bertz CT molecular complexity index is 1780. The summed E-state index contributed by atoms with van der Waals surface area (Å²) in [6.07, 6.45) is -5.08.